The topological polar surface area (TPSA) is 20.2 Å². The highest BCUT2D eigenvalue weighted by Gasteiger charge is 2.32. The average Bonchev–Trinajstić information content (AvgIpc) is 2.13. The first-order valence-corrected chi connectivity index (χ1v) is 5.54. The zero-order chi connectivity index (χ0) is 9.15. The Labute approximate surface area is 80.5 Å². The third-order valence-electron chi connectivity index (χ3n) is 3.29. The summed E-state index contributed by atoms with van der Waals surface area (Å²) in [7, 11) is 0. The zero-order valence-electron chi connectivity index (χ0n) is 8.18. The van der Waals surface area contributed by atoms with Crippen LogP contribution < -0.4 is 0 Å². The molecule has 0 radical (unpaired) electrons. The van der Waals surface area contributed by atoms with E-state index in [2.05, 4.69) is 11.8 Å². The van der Waals surface area contributed by atoms with E-state index in [1.165, 1.54) is 32.1 Å². The molecule has 13 heavy (non-hydrogen) atoms. The largest absolute Gasteiger partial charge is 0.378 e. The Kier molecular flexibility index (Phi) is 2.60. The summed E-state index contributed by atoms with van der Waals surface area (Å²) in [6.45, 7) is 0. The van der Waals surface area contributed by atoms with Crippen molar-refractivity contribution in [2.24, 2.45) is 5.92 Å². The summed E-state index contributed by atoms with van der Waals surface area (Å²) < 4.78 is 0. The second kappa shape index (κ2) is 3.72. The van der Waals surface area contributed by atoms with Gasteiger partial charge in [0.15, 0.2) is 0 Å². The molecule has 0 spiro atoms. The molecule has 1 heteroatoms. The third kappa shape index (κ3) is 2.25. The molecule has 0 atom stereocenters. The van der Waals surface area contributed by atoms with E-state index in [0.717, 1.165) is 19.3 Å². The number of rotatable bonds is 0. The second-order valence-corrected chi connectivity index (χ2v) is 4.49. The monoisotopic (exact) mass is 178 g/mol. The standard InChI is InChI=1S/C12H18O/c13-12(8-4-9-12)10-7-11-5-2-1-3-6-11/h11,13H,1-6,8-9H2. The van der Waals surface area contributed by atoms with Crippen LogP contribution in [0.1, 0.15) is 51.4 Å². The van der Waals surface area contributed by atoms with Gasteiger partial charge in [0.05, 0.1) is 0 Å². The molecule has 2 rings (SSSR count). The lowest BCUT2D eigenvalue weighted by Gasteiger charge is -2.31. The van der Waals surface area contributed by atoms with E-state index in [9.17, 15) is 5.11 Å². The Bertz CT molecular complexity index is 223. The predicted octanol–water partition coefficient (Wildman–Crippen LogP) is 2.49. The number of hydrogen-bond donors (Lipinski definition) is 1. The van der Waals surface area contributed by atoms with Crippen LogP contribution in [0.15, 0.2) is 0 Å². The molecular formula is C12H18O. The zero-order valence-corrected chi connectivity index (χ0v) is 8.18. The normalized spacial score (nSPS) is 27.2. The Morgan fingerprint density at radius 2 is 1.69 bits per heavy atom. The van der Waals surface area contributed by atoms with Crippen molar-refractivity contribution in [2.75, 3.05) is 0 Å². The lowest BCUT2D eigenvalue weighted by molar-refractivity contribution is 0.0237. The van der Waals surface area contributed by atoms with E-state index in [1.54, 1.807) is 0 Å². The van der Waals surface area contributed by atoms with Gasteiger partial charge in [-0.15, -0.1) is 0 Å². The van der Waals surface area contributed by atoms with E-state index in [4.69, 9.17) is 0 Å². The van der Waals surface area contributed by atoms with Crippen LogP contribution in [0.2, 0.25) is 0 Å². The van der Waals surface area contributed by atoms with E-state index >= 15 is 0 Å². The van der Waals surface area contributed by atoms with Crippen molar-refractivity contribution in [1.82, 2.24) is 0 Å². The smallest absolute Gasteiger partial charge is 0.125 e. The molecule has 0 aromatic carbocycles. The maximum absolute atomic E-state index is 9.77. The van der Waals surface area contributed by atoms with Crippen molar-refractivity contribution < 1.29 is 5.11 Å². The van der Waals surface area contributed by atoms with Gasteiger partial charge >= 0.3 is 0 Å². The SMILES string of the molecule is OC1(C#CC2CCCCC2)CCC1. The number of aliphatic hydroxyl groups is 1. The van der Waals surface area contributed by atoms with Gasteiger partial charge in [-0.25, -0.2) is 0 Å². The van der Waals surface area contributed by atoms with Crippen LogP contribution in [0.4, 0.5) is 0 Å². The van der Waals surface area contributed by atoms with E-state index in [1.807, 2.05) is 0 Å². The fourth-order valence-electron chi connectivity index (χ4n) is 2.12. The fourth-order valence-corrected chi connectivity index (χ4v) is 2.12. The Morgan fingerprint density at radius 3 is 2.23 bits per heavy atom. The average molecular weight is 178 g/mol. The molecule has 2 aliphatic carbocycles. The highest BCUT2D eigenvalue weighted by Crippen LogP contribution is 2.31. The molecule has 0 unspecified atom stereocenters. The van der Waals surface area contributed by atoms with Crippen molar-refractivity contribution in [3.63, 3.8) is 0 Å². The van der Waals surface area contributed by atoms with Crippen molar-refractivity contribution >= 4 is 0 Å². The second-order valence-electron chi connectivity index (χ2n) is 4.49. The van der Waals surface area contributed by atoms with Crippen LogP contribution in [0, 0.1) is 17.8 Å². The maximum Gasteiger partial charge on any atom is 0.125 e. The van der Waals surface area contributed by atoms with Crippen molar-refractivity contribution in [3.8, 4) is 11.8 Å². The summed E-state index contributed by atoms with van der Waals surface area (Å²) in [6.07, 6.45) is 9.49. The van der Waals surface area contributed by atoms with Crippen LogP contribution in [-0.4, -0.2) is 10.7 Å². The molecule has 2 saturated carbocycles. The highest BCUT2D eigenvalue weighted by molar-refractivity contribution is 5.19. The van der Waals surface area contributed by atoms with Gasteiger partial charge in [0.25, 0.3) is 0 Å². The maximum atomic E-state index is 9.77. The lowest BCUT2D eigenvalue weighted by atomic mass is 9.80. The van der Waals surface area contributed by atoms with Gasteiger partial charge in [-0.3, -0.25) is 0 Å². The summed E-state index contributed by atoms with van der Waals surface area (Å²) in [4.78, 5) is 0. The summed E-state index contributed by atoms with van der Waals surface area (Å²) in [5, 5.41) is 9.77. The minimum absolute atomic E-state index is 0.582. The molecule has 0 amide bonds. The van der Waals surface area contributed by atoms with Crippen LogP contribution in [0.25, 0.3) is 0 Å². The molecular weight excluding hydrogens is 160 g/mol. The Morgan fingerprint density at radius 1 is 1.00 bits per heavy atom. The van der Waals surface area contributed by atoms with E-state index in [-0.39, 0.29) is 0 Å². The fraction of sp³-hybridized carbons (Fsp3) is 0.833. The predicted molar refractivity (Wildman–Crippen MR) is 53.2 cm³/mol. The van der Waals surface area contributed by atoms with Gasteiger partial charge in [0, 0.05) is 5.92 Å². The van der Waals surface area contributed by atoms with Crippen LogP contribution in [0.3, 0.4) is 0 Å². The molecule has 0 heterocycles. The summed E-state index contributed by atoms with van der Waals surface area (Å²) >= 11 is 0. The first kappa shape index (κ1) is 9.09. The highest BCUT2D eigenvalue weighted by atomic mass is 16.3. The third-order valence-corrected chi connectivity index (χ3v) is 3.29. The van der Waals surface area contributed by atoms with Crippen LogP contribution >= 0.6 is 0 Å². The van der Waals surface area contributed by atoms with Gasteiger partial charge in [0.2, 0.25) is 0 Å². The van der Waals surface area contributed by atoms with Crippen LogP contribution in [-0.2, 0) is 0 Å². The van der Waals surface area contributed by atoms with Gasteiger partial charge in [0.1, 0.15) is 5.60 Å². The molecule has 0 aliphatic heterocycles. The van der Waals surface area contributed by atoms with Gasteiger partial charge in [-0.05, 0) is 32.1 Å². The molecule has 0 saturated heterocycles. The first-order chi connectivity index (χ1) is 6.29. The molecule has 0 aromatic rings. The molecule has 2 aliphatic rings. The van der Waals surface area contributed by atoms with E-state index in [0.29, 0.717) is 5.92 Å². The Hall–Kier alpha value is -0.480. The molecule has 72 valence electrons. The summed E-state index contributed by atoms with van der Waals surface area (Å²) in [5.74, 6) is 6.92. The lowest BCUT2D eigenvalue weighted by Crippen LogP contribution is -2.34. The molecule has 2 fully saturated rings. The number of hydrogen-bond acceptors (Lipinski definition) is 1. The van der Waals surface area contributed by atoms with Crippen molar-refractivity contribution in [3.05, 3.63) is 0 Å². The molecule has 1 N–H and O–H groups in total. The molecule has 0 aromatic heterocycles. The Balaban J connectivity index is 1.87. The van der Waals surface area contributed by atoms with Crippen molar-refractivity contribution in [2.45, 2.75) is 57.0 Å². The van der Waals surface area contributed by atoms with Crippen LogP contribution in [0.5, 0.6) is 0 Å². The van der Waals surface area contributed by atoms with Crippen molar-refractivity contribution in [1.29, 1.82) is 0 Å². The first-order valence-electron chi connectivity index (χ1n) is 5.54. The molecule has 1 nitrogen and oxygen atoms in total. The molecule has 0 bridgehead atoms. The van der Waals surface area contributed by atoms with E-state index < -0.39 is 5.60 Å². The van der Waals surface area contributed by atoms with Gasteiger partial charge < -0.3 is 5.11 Å². The summed E-state index contributed by atoms with van der Waals surface area (Å²) in [6, 6.07) is 0. The minimum atomic E-state index is -0.586. The summed E-state index contributed by atoms with van der Waals surface area (Å²) in [5.41, 5.74) is -0.586. The van der Waals surface area contributed by atoms with Gasteiger partial charge in [-0.1, -0.05) is 31.1 Å². The quantitative estimate of drug-likeness (QED) is 0.565. The van der Waals surface area contributed by atoms with Gasteiger partial charge in [-0.2, -0.15) is 0 Å². The minimum Gasteiger partial charge on any atom is -0.378 e.